The summed E-state index contributed by atoms with van der Waals surface area (Å²) in [7, 11) is 1.31. The van der Waals surface area contributed by atoms with Gasteiger partial charge in [0.05, 0.1) is 7.11 Å². The Balaban J connectivity index is 2.66. The number of ether oxygens (including phenoxy) is 1. The Kier molecular flexibility index (Phi) is 3.84. The Hall–Kier alpha value is -0.220. The molecule has 0 bridgehead atoms. The van der Waals surface area contributed by atoms with Crippen LogP contribution in [0.4, 0.5) is 0 Å². The molecule has 1 fully saturated rings. The fraction of sp³-hybridized carbons (Fsp3) is 0.900. The zero-order chi connectivity index (χ0) is 10.8. The van der Waals surface area contributed by atoms with Crippen molar-refractivity contribution in [2.24, 2.45) is 5.41 Å². The van der Waals surface area contributed by atoms with Gasteiger partial charge in [0.2, 0.25) is 0 Å². The van der Waals surface area contributed by atoms with E-state index in [-0.39, 0.29) is 0 Å². The highest BCUT2D eigenvalue weighted by molar-refractivity contribution is 8.00. The third-order valence-corrected chi connectivity index (χ3v) is 4.66. The molecule has 1 rings (SSSR count). The molecule has 1 aliphatic heterocycles. The van der Waals surface area contributed by atoms with Crippen LogP contribution in [0.3, 0.4) is 0 Å². The lowest BCUT2D eigenvalue weighted by molar-refractivity contribution is -0.156. The number of hydrogen-bond acceptors (Lipinski definition) is 4. The van der Waals surface area contributed by atoms with Gasteiger partial charge in [-0.1, -0.05) is 13.8 Å². The van der Waals surface area contributed by atoms with Crippen LogP contribution in [0.15, 0.2) is 0 Å². The quantitative estimate of drug-likeness (QED) is 0.728. The molecule has 0 aromatic heterocycles. The summed E-state index contributed by atoms with van der Waals surface area (Å²) >= 11 is 1.84. The zero-order valence-corrected chi connectivity index (χ0v) is 9.76. The van der Waals surface area contributed by atoms with Gasteiger partial charge in [-0.2, -0.15) is 11.8 Å². The fourth-order valence-electron chi connectivity index (χ4n) is 1.76. The Morgan fingerprint density at radius 2 is 2.29 bits per heavy atom. The average Bonchev–Trinajstić information content (AvgIpc) is 2.68. The van der Waals surface area contributed by atoms with Crippen LogP contribution in [-0.4, -0.2) is 35.3 Å². The fourth-order valence-corrected chi connectivity index (χ4v) is 3.27. The number of carbonyl (C=O) groups excluding carboxylic acids is 1. The summed E-state index contributed by atoms with van der Waals surface area (Å²) in [5, 5.41) is 10.2. The summed E-state index contributed by atoms with van der Waals surface area (Å²) in [6.45, 7) is 3.86. The van der Waals surface area contributed by atoms with Crippen molar-refractivity contribution < 1.29 is 14.6 Å². The molecule has 0 aliphatic carbocycles. The van der Waals surface area contributed by atoms with E-state index in [1.165, 1.54) is 13.5 Å². The lowest BCUT2D eigenvalue weighted by atomic mass is 9.81. The predicted molar refractivity (Wildman–Crippen MR) is 57.3 cm³/mol. The number of aliphatic hydroxyl groups is 1. The van der Waals surface area contributed by atoms with Gasteiger partial charge in [-0.25, -0.2) is 4.79 Å². The molecule has 2 unspecified atom stereocenters. The lowest BCUT2D eigenvalue weighted by Gasteiger charge is -2.33. The molecule has 0 saturated carbocycles. The molecule has 1 aliphatic rings. The smallest absolute Gasteiger partial charge is 0.335 e. The highest BCUT2D eigenvalue weighted by Crippen LogP contribution is 2.41. The van der Waals surface area contributed by atoms with Crippen molar-refractivity contribution in [1.29, 1.82) is 0 Å². The molecule has 0 amide bonds. The summed E-state index contributed by atoms with van der Waals surface area (Å²) in [6.07, 6.45) is 1.24. The molecule has 0 radical (unpaired) electrons. The van der Waals surface area contributed by atoms with E-state index in [2.05, 4.69) is 4.74 Å². The molecule has 1 N–H and O–H groups in total. The first-order chi connectivity index (χ1) is 6.50. The maximum atomic E-state index is 11.2. The molecule has 82 valence electrons. The zero-order valence-electron chi connectivity index (χ0n) is 8.95. The number of methoxy groups -OCH3 is 1. The normalized spacial score (nSPS) is 24.7. The van der Waals surface area contributed by atoms with Gasteiger partial charge in [0.1, 0.15) is 0 Å². The maximum Gasteiger partial charge on any atom is 0.335 e. The summed E-state index contributed by atoms with van der Waals surface area (Å²) in [5.41, 5.74) is -0.395. The molecule has 0 aromatic rings. The third kappa shape index (κ3) is 2.23. The maximum absolute atomic E-state index is 11.2. The van der Waals surface area contributed by atoms with Crippen molar-refractivity contribution in [2.75, 3.05) is 12.9 Å². The summed E-state index contributed by atoms with van der Waals surface area (Å²) in [5.74, 6) is 0.602. The van der Waals surface area contributed by atoms with Crippen molar-refractivity contribution in [1.82, 2.24) is 0 Å². The molecular formula is C10H18O3S. The second-order valence-corrected chi connectivity index (χ2v) is 5.56. The molecule has 14 heavy (non-hydrogen) atoms. The van der Waals surface area contributed by atoms with Crippen molar-refractivity contribution in [3.8, 4) is 0 Å². The number of thioether (sulfide) groups is 1. The standard InChI is InChI=1S/C10H18O3S/c1-10(2,7-5-4-6-14-7)8(11)9(12)13-3/h7-8,11H,4-6H2,1-3H3. The first-order valence-electron chi connectivity index (χ1n) is 4.87. The van der Waals surface area contributed by atoms with Crippen molar-refractivity contribution >= 4 is 17.7 Å². The molecular weight excluding hydrogens is 200 g/mol. The molecule has 0 aromatic carbocycles. The van der Waals surface area contributed by atoms with Gasteiger partial charge in [0, 0.05) is 10.7 Å². The van der Waals surface area contributed by atoms with Crippen LogP contribution >= 0.6 is 11.8 Å². The van der Waals surface area contributed by atoms with Crippen molar-refractivity contribution in [3.63, 3.8) is 0 Å². The SMILES string of the molecule is COC(=O)C(O)C(C)(C)C1CCCS1. The number of aliphatic hydroxyl groups excluding tert-OH is 1. The lowest BCUT2D eigenvalue weighted by Crippen LogP contribution is -2.43. The molecule has 0 spiro atoms. The predicted octanol–water partition coefficient (Wildman–Crippen LogP) is 1.44. The first kappa shape index (κ1) is 11.9. The number of rotatable bonds is 3. The Morgan fingerprint density at radius 1 is 1.64 bits per heavy atom. The van der Waals surface area contributed by atoms with E-state index in [1.807, 2.05) is 25.6 Å². The molecule has 1 saturated heterocycles. The first-order valence-corrected chi connectivity index (χ1v) is 5.92. The van der Waals surface area contributed by atoms with E-state index in [4.69, 9.17) is 0 Å². The molecule has 3 nitrogen and oxygen atoms in total. The van der Waals surface area contributed by atoms with Gasteiger partial charge >= 0.3 is 5.97 Å². The molecule has 2 atom stereocenters. The number of hydrogen-bond donors (Lipinski definition) is 1. The van der Waals surface area contributed by atoms with E-state index in [0.717, 1.165) is 12.2 Å². The molecule has 4 heteroatoms. The minimum atomic E-state index is -1.01. The van der Waals surface area contributed by atoms with Crippen LogP contribution in [-0.2, 0) is 9.53 Å². The third-order valence-electron chi connectivity index (χ3n) is 2.89. The highest BCUT2D eigenvalue weighted by atomic mass is 32.2. The second kappa shape index (κ2) is 4.53. The largest absolute Gasteiger partial charge is 0.467 e. The van der Waals surface area contributed by atoms with E-state index in [1.54, 1.807) is 0 Å². The minimum Gasteiger partial charge on any atom is -0.467 e. The van der Waals surface area contributed by atoms with E-state index >= 15 is 0 Å². The topological polar surface area (TPSA) is 46.5 Å². The second-order valence-electron chi connectivity index (χ2n) is 4.25. The van der Waals surface area contributed by atoms with Crippen LogP contribution in [0, 0.1) is 5.41 Å². The van der Waals surface area contributed by atoms with E-state index in [0.29, 0.717) is 5.25 Å². The van der Waals surface area contributed by atoms with Crippen LogP contribution in [0.2, 0.25) is 0 Å². The minimum absolute atomic E-state index is 0.358. The van der Waals surface area contributed by atoms with Gasteiger partial charge in [0.15, 0.2) is 6.10 Å². The summed E-state index contributed by atoms with van der Waals surface area (Å²) in [4.78, 5) is 11.2. The Bertz CT molecular complexity index is 209. The Morgan fingerprint density at radius 3 is 2.71 bits per heavy atom. The van der Waals surface area contributed by atoms with Crippen molar-refractivity contribution in [3.05, 3.63) is 0 Å². The van der Waals surface area contributed by atoms with Crippen LogP contribution in [0.5, 0.6) is 0 Å². The van der Waals surface area contributed by atoms with Crippen LogP contribution in [0.25, 0.3) is 0 Å². The van der Waals surface area contributed by atoms with Gasteiger partial charge < -0.3 is 9.84 Å². The summed E-state index contributed by atoms with van der Waals surface area (Å²) in [6, 6.07) is 0. The monoisotopic (exact) mass is 218 g/mol. The van der Waals surface area contributed by atoms with Crippen LogP contribution in [0.1, 0.15) is 26.7 Å². The van der Waals surface area contributed by atoms with Gasteiger partial charge in [-0.05, 0) is 18.6 Å². The van der Waals surface area contributed by atoms with Gasteiger partial charge in [-0.15, -0.1) is 0 Å². The van der Waals surface area contributed by atoms with Gasteiger partial charge in [-0.3, -0.25) is 0 Å². The highest BCUT2D eigenvalue weighted by Gasteiger charge is 2.42. The van der Waals surface area contributed by atoms with E-state index < -0.39 is 17.5 Å². The average molecular weight is 218 g/mol. The molecule has 1 heterocycles. The van der Waals surface area contributed by atoms with Crippen LogP contribution < -0.4 is 0 Å². The number of carbonyl (C=O) groups is 1. The van der Waals surface area contributed by atoms with Crippen molar-refractivity contribution in [2.45, 2.75) is 38.0 Å². The number of esters is 1. The summed E-state index contributed by atoms with van der Waals surface area (Å²) < 4.78 is 4.56. The van der Waals surface area contributed by atoms with E-state index in [9.17, 15) is 9.90 Å². The Labute approximate surface area is 89.2 Å². The van der Waals surface area contributed by atoms with Gasteiger partial charge in [0.25, 0.3) is 0 Å².